The Balaban J connectivity index is 2.44. The van der Waals surface area contributed by atoms with Crippen LogP contribution in [0.15, 0.2) is 55.1 Å². The van der Waals surface area contributed by atoms with Crippen molar-refractivity contribution in [3.8, 4) is 16.9 Å². The van der Waals surface area contributed by atoms with Crippen LogP contribution in [-0.2, 0) is 14.9 Å². The number of rotatable bonds is 5. The van der Waals surface area contributed by atoms with E-state index in [2.05, 4.69) is 6.58 Å². The Kier molecular flexibility index (Phi) is 6.14. The zero-order valence-electron chi connectivity index (χ0n) is 17.7. The summed E-state index contributed by atoms with van der Waals surface area (Å²) in [4.78, 5) is 14.1. The van der Waals surface area contributed by atoms with Crippen molar-refractivity contribution in [2.75, 3.05) is 11.4 Å². The molecule has 32 heavy (non-hydrogen) atoms. The highest BCUT2D eigenvalue weighted by Gasteiger charge is 2.49. The summed E-state index contributed by atoms with van der Waals surface area (Å²) >= 11 is 0. The van der Waals surface area contributed by atoms with E-state index in [4.69, 9.17) is 4.18 Å². The van der Waals surface area contributed by atoms with Crippen LogP contribution in [0.5, 0.6) is 5.75 Å². The minimum Gasteiger partial charge on any atom is -0.375 e. The Morgan fingerprint density at radius 1 is 1.09 bits per heavy atom. The SMILES string of the molecule is C=CCN1C(=O)/C=C\c2ccc([Si](C)(C)C)c(OS(=O)(=O)C(F)(F)F)c2-c2ccccc21. The lowest BCUT2D eigenvalue weighted by molar-refractivity contribution is -0.114. The second kappa shape index (κ2) is 8.25. The van der Waals surface area contributed by atoms with Crippen molar-refractivity contribution in [3.05, 3.63) is 60.7 Å². The van der Waals surface area contributed by atoms with Gasteiger partial charge in [0.15, 0.2) is 5.75 Å². The van der Waals surface area contributed by atoms with E-state index in [0.717, 1.165) is 0 Å². The van der Waals surface area contributed by atoms with Crippen molar-refractivity contribution in [1.82, 2.24) is 0 Å². The van der Waals surface area contributed by atoms with Crippen LogP contribution in [0.1, 0.15) is 5.56 Å². The zero-order valence-corrected chi connectivity index (χ0v) is 19.5. The lowest BCUT2D eigenvalue weighted by Crippen LogP contribution is -2.41. The molecule has 0 aliphatic carbocycles. The maximum Gasteiger partial charge on any atom is 0.534 e. The third-order valence-corrected chi connectivity index (χ3v) is 7.88. The Labute approximate surface area is 185 Å². The number of para-hydroxylation sites is 1. The zero-order chi connectivity index (χ0) is 23.9. The highest BCUT2D eigenvalue weighted by molar-refractivity contribution is 7.88. The first-order valence-corrected chi connectivity index (χ1v) is 14.6. The van der Waals surface area contributed by atoms with E-state index in [9.17, 15) is 26.4 Å². The molecule has 0 saturated carbocycles. The fourth-order valence-corrected chi connectivity index (χ4v) is 5.46. The van der Waals surface area contributed by atoms with Crippen LogP contribution in [0.25, 0.3) is 17.2 Å². The number of nitrogens with zero attached hydrogens (tertiary/aromatic N) is 1. The van der Waals surface area contributed by atoms with Crippen LogP contribution in [-0.4, -0.2) is 34.5 Å². The number of fused-ring (bicyclic) bond motifs is 3. The molecule has 0 N–H and O–H groups in total. The third-order valence-electron chi connectivity index (χ3n) is 4.92. The molecular weight excluding hydrogens is 459 g/mol. The summed E-state index contributed by atoms with van der Waals surface area (Å²) in [7, 11) is -8.29. The molecule has 5 nitrogen and oxygen atoms in total. The van der Waals surface area contributed by atoms with Gasteiger partial charge >= 0.3 is 15.6 Å². The van der Waals surface area contributed by atoms with Gasteiger partial charge in [-0.1, -0.05) is 56.0 Å². The number of carbonyl (C=O) groups is 1. The van der Waals surface area contributed by atoms with Crippen molar-refractivity contribution in [2.24, 2.45) is 0 Å². The van der Waals surface area contributed by atoms with Crippen LogP contribution in [0.2, 0.25) is 19.6 Å². The lowest BCUT2D eigenvalue weighted by Gasteiger charge is -2.29. The van der Waals surface area contributed by atoms with Gasteiger partial charge in [-0.3, -0.25) is 4.79 Å². The number of anilines is 1. The van der Waals surface area contributed by atoms with Crippen LogP contribution >= 0.6 is 0 Å². The molecule has 170 valence electrons. The quantitative estimate of drug-likeness (QED) is 0.269. The summed E-state index contributed by atoms with van der Waals surface area (Å²) in [5, 5.41) is 0.412. The van der Waals surface area contributed by atoms with E-state index in [1.165, 1.54) is 23.1 Å². The van der Waals surface area contributed by atoms with Gasteiger partial charge in [0.1, 0.15) is 0 Å². The topological polar surface area (TPSA) is 63.7 Å². The Bertz CT molecular complexity index is 1210. The minimum atomic E-state index is -5.92. The molecule has 1 aliphatic heterocycles. The molecule has 2 aromatic rings. The van der Waals surface area contributed by atoms with E-state index in [-0.39, 0.29) is 23.8 Å². The first-order valence-electron chi connectivity index (χ1n) is 9.66. The minimum absolute atomic E-state index is 0.153. The molecule has 1 aliphatic rings. The van der Waals surface area contributed by atoms with Gasteiger partial charge in [-0.25, -0.2) is 0 Å². The molecule has 0 bridgehead atoms. The van der Waals surface area contributed by atoms with Gasteiger partial charge in [0.25, 0.3) is 5.91 Å². The molecule has 0 aromatic heterocycles. The summed E-state index contributed by atoms with van der Waals surface area (Å²) in [5.74, 6) is -0.702. The first-order chi connectivity index (χ1) is 14.8. The second-order valence-electron chi connectivity index (χ2n) is 8.23. The van der Waals surface area contributed by atoms with E-state index in [0.29, 0.717) is 22.0 Å². The number of alkyl halides is 3. The molecule has 0 unspecified atom stereocenters. The predicted molar refractivity (Wildman–Crippen MR) is 122 cm³/mol. The monoisotopic (exact) mass is 481 g/mol. The van der Waals surface area contributed by atoms with E-state index in [1.54, 1.807) is 36.4 Å². The molecular formula is C22H22F3NO4SSi. The number of benzene rings is 2. The van der Waals surface area contributed by atoms with Gasteiger partial charge in [-0.15, -0.1) is 6.58 Å². The number of amides is 1. The van der Waals surface area contributed by atoms with Crippen molar-refractivity contribution in [2.45, 2.75) is 25.1 Å². The van der Waals surface area contributed by atoms with Crippen molar-refractivity contribution >= 4 is 41.0 Å². The Morgan fingerprint density at radius 3 is 2.34 bits per heavy atom. The molecule has 0 radical (unpaired) electrons. The fourth-order valence-electron chi connectivity index (χ4n) is 3.46. The lowest BCUT2D eigenvalue weighted by atomic mass is 9.94. The largest absolute Gasteiger partial charge is 0.534 e. The van der Waals surface area contributed by atoms with Gasteiger partial charge in [0.05, 0.1) is 13.8 Å². The maximum absolute atomic E-state index is 13.3. The molecule has 3 rings (SSSR count). The van der Waals surface area contributed by atoms with Gasteiger partial charge in [-0.2, -0.15) is 21.6 Å². The molecule has 10 heteroatoms. The maximum atomic E-state index is 13.3. The molecule has 0 spiro atoms. The predicted octanol–water partition coefficient (Wildman–Crippen LogP) is 4.67. The summed E-state index contributed by atoms with van der Waals surface area (Å²) in [6.07, 6.45) is 4.26. The molecule has 0 saturated heterocycles. The first kappa shape index (κ1) is 23.8. The summed E-state index contributed by atoms with van der Waals surface area (Å²) in [6.45, 7) is 9.44. The van der Waals surface area contributed by atoms with Crippen LogP contribution in [0, 0.1) is 0 Å². The normalized spacial score (nSPS) is 15.3. The average Bonchev–Trinajstić information content (AvgIpc) is 2.67. The average molecular weight is 482 g/mol. The van der Waals surface area contributed by atoms with Gasteiger partial charge in [-0.05, 0) is 22.9 Å². The van der Waals surface area contributed by atoms with E-state index >= 15 is 0 Å². The van der Waals surface area contributed by atoms with Crippen molar-refractivity contribution in [3.63, 3.8) is 0 Å². The number of halogens is 3. The molecule has 2 aromatic carbocycles. The summed E-state index contributed by atoms with van der Waals surface area (Å²) in [6, 6.07) is 9.85. The van der Waals surface area contributed by atoms with Crippen LogP contribution in [0.3, 0.4) is 0 Å². The van der Waals surface area contributed by atoms with Crippen molar-refractivity contribution < 1.29 is 30.6 Å². The Hall–Kier alpha value is -2.85. The van der Waals surface area contributed by atoms with E-state index < -0.39 is 23.7 Å². The highest BCUT2D eigenvalue weighted by Crippen LogP contribution is 2.42. The number of hydrogen-bond donors (Lipinski definition) is 0. The highest BCUT2D eigenvalue weighted by atomic mass is 32.2. The number of hydrogen-bond acceptors (Lipinski definition) is 4. The van der Waals surface area contributed by atoms with Gasteiger partial charge in [0, 0.05) is 23.7 Å². The molecule has 0 fully saturated rings. The summed E-state index contributed by atoms with van der Waals surface area (Å²) in [5.41, 5.74) is -4.24. The molecule has 1 amide bonds. The molecule has 1 heterocycles. The van der Waals surface area contributed by atoms with Crippen LogP contribution < -0.4 is 14.3 Å². The summed E-state index contributed by atoms with van der Waals surface area (Å²) < 4.78 is 68.7. The van der Waals surface area contributed by atoms with Crippen LogP contribution in [0.4, 0.5) is 18.9 Å². The fraction of sp³-hybridized carbons (Fsp3) is 0.227. The second-order valence-corrected chi connectivity index (χ2v) is 14.8. The number of carbonyl (C=O) groups excluding carboxylic acids is 1. The van der Waals surface area contributed by atoms with Gasteiger partial charge < -0.3 is 9.08 Å². The molecule has 0 atom stereocenters. The smallest absolute Gasteiger partial charge is 0.375 e. The third kappa shape index (κ3) is 4.37. The van der Waals surface area contributed by atoms with E-state index in [1.807, 2.05) is 19.6 Å². The van der Waals surface area contributed by atoms with Gasteiger partial charge in [0.2, 0.25) is 0 Å². The van der Waals surface area contributed by atoms with Crippen molar-refractivity contribution in [1.29, 1.82) is 0 Å². The standard InChI is InChI=1S/C22H22F3NO4SSi/c1-5-14-26-17-9-7-6-8-16(17)20-15(11-13-19(26)27)10-12-18(32(2,3)4)21(20)30-31(28,29)22(23,24)25/h5-13H,1,14H2,2-4H3/b13-11-. The Morgan fingerprint density at radius 2 is 1.75 bits per heavy atom.